The van der Waals surface area contributed by atoms with Gasteiger partial charge in [0.15, 0.2) is 6.23 Å². The maximum absolute atomic E-state index is 14.1. The molecule has 1 aliphatic rings. The summed E-state index contributed by atoms with van der Waals surface area (Å²) < 4.78 is 42.4. The average Bonchev–Trinajstić information content (AvgIpc) is 3.41. The second kappa shape index (κ2) is 14.3. The number of hydrogen-bond donors (Lipinski definition) is 3. The van der Waals surface area contributed by atoms with E-state index >= 15 is 0 Å². The number of likely N-dealkylation sites (tertiary alicyclic amines) is 1. The number of rotatable bonds is 10. The van der Waals surface area contributed by atoms with E-state index in [4.69, 9.17) is 0 Å². The third kappa shape index (κ3) is 8.41. The molecule has 1 aliphatic heterocycles. The van der Waals surface area contributed by atoms with Crippen molar-refractivity contribution >= 4 is 29.7 Å². The van der Waals surface area contributed by atoms with E-state index in [-0.39, 0.29) is 30.1 Å². The number of alkyl halides is 3. The number of aliphatic hydroxyl groups is 1. The van der Waals surface area contributed by atoms with Gasteiger partial charge >= 0.3 is 6.18 Å². The predicted molar refractivity (Wildman–Crippen MR) is 167 cm³/mol. The van der Waals surface area contributed by atoms with Crippen LogP contribution in [-0.2, 0) is 12.7 Å². The predicted octanol–water partition coefficient (Wildman–Crippen LogP) is 5.91. The van der Waals surface area contributed by atoms with Crippen LogP contribution in [0.15, 0.2) is 67.4 Å². The molecule has 13 heteroatoms. The molecule has 3 N–H and O–H groups in total. The lowest BCUT2D eigenvalue weighted by Gasteiger charge is -2.22. The molecule has 3 heterocycles. The van der Waals surface area contributed by atoms with Crippen molar-refractivity contribution in [2.24, 2.45) is 5.92 Å². The number of nitrogens with zero attached hydrogens (tertiary/aromatic N) is 6. The molecule has 9 nitrogen and oxygen atoms in total. The van der Waals surface area contributed by atoms with Gasteiger partial charge in [0, 0.05) is 60.7 Å². The number of aliphatic hydroxyl groups excluding tert-OH is 1. The number of hydrogen-bond acceptors (Lipinski definition) is 9. The van der Waals surface area contributed by atoms with E-state index in [1.807, 2.05) is 27.1 Å². The fourth-order valence-corrected chi connectivity index (χ4v) is 5.35. The zero-order valence-corrected chi connectivity index (χ0v) is 25.5. The topological polar surface area (TPSA) is 102 Å². The van der Waals surface area contributed by atoms with E-state index in [1.54, 1.807) is 42.9 Å². The molecule has 234 valence electrons. The normalized spacial score (nSPS) is 16.0. The van der Waals surface area contributed by atoms with Gasteiger partial charge in [-0.15, -0.1) is 12.4 Å². The van der Waals surface area contributed by atoms with E-state index in [1.165, 1.54) is 12.4 Å². The molecule has 4 aromatic rings. The summed E-state index contributed by atoms with van der Waals surface area (Å²) in [5, 5.41) is 17.0. The largest absolute Gasteiger partial charge is 0.416 e. The molecule has 2 aromatic carbocycles. The third-order valence-corrected chi connectivity index (χ3v) is 7.44. The lowest BCUT2D eigenvalue weighted by Crippen LogP contribution is -2.26. The van der Waals surface area contributed by atoms with Gasteiger partial charge in [-0.2, -0.15) is 13.2 Å². The van der Waals surface area contributed by atoms with Crippen LogP contribution in [-0.4, -0.2) is 68.6 Å². The minimum absolute atomic E-state index is 0. The van der Waals surface area contributed by atoms with Gasteiger partial charge in [0.25, 0.3) is 0 Å². The minimum Gasteiger partial charge on any atom is -0.369 e. The van der Waals surface area contributed by atoms with Crippen molar-refractivity contribution in [1.82, 2.24) is 29.7 Å². The Balaban J connectivity index is 0.00000442. The molecule has 2 atom stereocenters. The standard InChI is InChI=1S/C31H35F3N8O.ClH/c1-20-4-7-25(13-28(20)40-30-37-10-8-27(39-30)24-14-35-19-36-15-24)38-29(43)22-5-6-23(26(12-22)31(32,33)34)18-42-11-9-21(17-42)16-41(2)3;/h4-8,10,12-15,19,21,29,38,43H,9,11,16-18H2,1-3H3,(H,37,39,40);1H/t21-,29?;/m0./s1. The van der Waals surface area contributed by atoms with Gasteiger partial charge in [-0.1, -0.05) is 18.2 Å². The van der Waals surface area contributed by atoms with E-state index in [2.05, 4.69) is 40.4 Å². The molecule has 0 radical (unpaired) electrons. The van der Waals surface area contributed by atoms with Crippen LogP contribution in [0.2, 0.25) is 0 Å². The van der Waals surface area contributed by atoms with Crippen molar-refractivity contribution in [1.29, 1.82) is 0 Å². The first-order valence-corrected chi connectivity index (χ1v) is 14.0. The lowest BCUT2D eigenvalue weighted by atomic mass is 10.0. The maximum Gasteiger partial charge on any atom is 0.416 e. The number of halogens is 4. The molecule has 1 unspecified atom stereocenters. The second-order valence-electron chi connectivity index (χ2n) is 11.2. The summed E-state index contributed by atoms with van der Waals surface area (Å²) >= 11 is 0. The highest BCUT2D eigenvalue weighted by molar-refractivity contribution is 5.85. The summed E-state index contributed by atoms with van der Waals surface area (Å²) in [6, 6.07) is 11.1. The molecule has 5 rings (SSSR count). The zero-order chi connectivity index (χ0) is 30.6. The molecule has 0 spiro atoms. The number of anilines is 3. The Labute approximate surface area is 261 Å². The first-order valence-electron chi connectivity index (χ1n) is 14.0. The van der Waals surface area contributed by atoms with Gasteiger partial charge in [-0.25, -0.2) is 19.9 Å². The molecule has 0 amide bonds. The zero-order valence-electron chi connectivity index (χ0n) is 24.7. The first-order chi connectivity index (χ1) is 20.5. The quantitative estimate of drug-likeness (QED) is 0.185. The summed E-state index contributed by atoms with van der Waals surface area (Å²) in [6.07, 6.45) is 1.42. The van der Waals surface area contributed by atoms with E-state index < -0.39 is 18.0 Å². The molecule has 0 aliphatic carbocycles. The summed E-state index contributed by atoms with van der Waals surface area (Å²) in [4.78, 5) is 21.0. The van der Waals surface area contributed by atoms with Crippen LogP contribution in [0.1, 0.15) is 34.9 Å². The number of aromatic nitrogens is 4. The Morgan fingerprint density at radius 3 is 2.59 bits per heavy atom. The van der Waals surface area contributed by atoms with E-state index in [0.717, 1.165) is 43.2 Å². The molecular formula is C31H36ClF3N8O. The Kier molecular flexibility index (Phi) is 10.7. The van der Waals surface area contributed by atoms with E-state index in [0.29, 0.717) is 28.9 Å². The Morgan fingerprint density at radius 1 is 1.09 bits per heavy atom. The lowest BCUT2D eigenvalue weighted by molar-refractivity contribution is -0.138. The summed E-state index contributed by atoms with van der Waals surface area (Å²) in [5.41, 5.74) is 3.05. The molecular weight excluding hydrogens is 593 g/mol. The summed E-state index contributed by atoms with van der Waals surface area (Å²) in [7, 11) is 4.01. The van der Waals surface area contributed by atoms with Gasteiger partial charge in [-0.3, -0.25) is 4.90 Å². The van der Waals surface area contributed by atoms with Crippen LogP contribution >= 0.6 is 12.4 Å². The monoisotopic (exact) mass is 628 g/mol. The molecule has 2 aromatic heterocycles. The third-order valence-electron chi connectivity index (χ3n) is 7.44. The summed E-state index contributed by atoms with van der Waals surface area (Å²) in [5.74, 6) is 0.788. The molecule has 44 heavy (non-hydrogen) atoms. The van der Waals surface area contributed by atoms with Gasteiger partial charge in [0.05, 0.1) is 11.3 Å². The van der Waals surface area contributed by atoms with Crippen molar-refractivity contribution in [3.8, 4) is 11.3 Å². The highest BCUT2D eigenvalue weighted by Gasteiger charge is 2.35. The minimum atomic E-state index is -4.55. The first kappa shape index (κ1) is 33.1. The van der Waals surface area contributed by atoms with Gasteiger partial charge in [0.1, 0.15) is 6.33 Å². The van der Waals surface area contributed by atoms with Crippen molar-refractivity contribution in [2.45, 2.75) is 32.3 Å². The second-order valence-corrected chi connectivity index (χ2v) is 11.2. The van der Waals surface area contributed by atoms with Gasteiger partial charge in [0.2, 0.25) is 5.95 Å². The summed E-state index contributed by atoms with van der Waals surface area (Å²) in [6.45, 7) is 4.56. The Hall–Kier alpha value is -3.84. The fourth-order valence-electron chi connectivity index (χ4n) is 5.35. The molecule has 0 saturated carbocycles. The van der Waals surface area contributed by atoms with Crippen LogP contribution in [0.4, 0.5) is 30.5 Å². The smallest absolute Gasteiger partial charge is 0.369 e. The fraction of sp³-hybridized carbons (Fsp3) is 0.355. The van der Waals surface area contributed by atoms with Crippen LogP contribution < -0.4 is 10.6 Å². The van der Waals surface area contributed by atoms with Crippen molar-refractivity contribution in [2.75, 3.05) is 44.4 Å². The number of nitrogens with one attached hydrogen (secondary N) is 2. The van der Waals surface area contributed by atoms with Crippen LogP contribution in [0, 0.1) is 12.8 Å². The van der Waals surface area contributed by atoms with Crippen molar-refractivity contribution in [3.63, 3.8) is 0 Å². The highest BCUT2D eigenvalue weighted by Crippen LogP contribution is 2.36. The van der Waals surface area contributed by atoms with Crippen LogP contribution in [0.25, 0.3) is 11.3 Å². The molecule has 1 saturated heterocycles. The number of benzene rings is 2. The van der Waals surface area contributed by atoms with Gasteiger partial charge < -0.3 is 20.6 Å². The Bertz CT molecular complexity index is 1540. The Morgan fingerprint density at radius 2 is 1.86 bits per heavy atom. The van der Waals surface area contributed by atoms with Crippen molar-refractivity contribution in [3.05, 3.63) is 89.6 Å². The maximum atomic E-state index is 14.1. The highest BCUT2D eigenvalue weighted by atomic mass is 35.5. The van der Waals surface area contributed by atoms with Crippen molar-refractivity contribution < 1.29 is 18.3 Å². The average molecular weight is 629 g/mol. The van der Waals surface area contributed by atoms with Crippen LogP contribution in [0.3, 0.4) is 0 Å². The number of aryl methyl sites for hydroxylation is 1. The molecule has 0 bridgehead atoms. The van der Waals surface area contributed by atoms with E-state index in [9.17, 15) is 18.3 Å². The molecule has 1 fully saturated rings. The van der Waals surface area contributed by atoms with Crippen LogP contribution in [0.5, 0.6) is 0 Å². The SMILES string of the molecule is Cc1ccc(NC(O)c2ccc(CN3CC[C@@H](CN(C)C)C3)c(C(F)(F)F)c2)cc1Nc1nccc(-c2cncnc2)n1.Cl. The van der Waals surface area contributed by atoms with Gasteiger partial charge in [-0.05, 0) is 75.3 Å².